The summed E-state index contributed by atoms with van der Waals surface area (Å²) in [5.41, 5.74) is 0. The van der Waals surface area contributed by atoms with Gasteiger partial charge in [-0.2, -0.15) is 0 Å². The molecule has 1 aliphatic rings. The maximum atomic E-state index is 12.1. The molecule has 0 radical (unpaired) electrons. The number of hydrogen-bond donors (Lipinski definition) is 2. The zero-order valence-electron chi connectivity index (χ0n) is 11.8. The topological polar surface area (TPSA) is 57.5 Å². The number of nitrogens with zero attached hydrogens (tertiary/aromatic N) is 1. The minimum Gasteiger partial charge on any atom is -0.468 e. The van der Waals surface area contributed by atoms with Gasteiger partial charge in [-0.1, -0.05) is 6.92 Å². The Bertz CT molecular complexity index is 403. The highest BCUT2D eigenvalue weighted by Gasteiger charge is 2.29. The molecule has 1 saturated heterocycles. The van der Waals surface area contributed by atoms with E-state index in [0.717, 1.165) is 18.7 Å². The normalized spacial score (nSPS) is 24.6. The van der Waals surface area contributed by atoms with Crippen molar-refractivity contribution in [3.63, 3.8) is 0 Å². The van der Waals surface area contributed by atoms with Crippen LogP contribution in [0.3, 0.4) is 0 Å². The molecule has 5 heteroatoms. The summed E-state index contributed by atoms with van der Waals surface area (Å²) in [4.78, 5) is 14.2. The van der Waals surface area contributed by atoms with Gasteiger partial charge in [0.15, 0.2) is 0 Å². The number of furan rings is 1. The molecular formula is C14H23N3O2. The van der Waals surface area contributed by atoms with E-state index in [1.807, 2.05) is 31.1 Å². The van der Waals surface area contributed by atoms with Crippen LogP contribution < -0.4 is 10.6 Å². The molecule has 3 atom stereocenters. The van der Waals surface area contributed by atoms with Crippen molar-refractivity contribution < 1.29 is 9.21 Å². The predicted octanol–water partition coefficient (Wildman–Crippen LogP) is 0.996. The van der Waals surface area contributed by atoms with E-state index in [-0.39, 0.29) is 18.0 Å². The van der Waals surface area contributed by atoms with Gasteiger partial charge in [-0.15, -0.1) is 0 Å². The van der Waals surface area contributed by atoms with Crippen molar-refractivity contribution in [2.75, 3.05) is 27.2 Å². The van der Waals surface area contributed by atoms with E-state index in [1.165, 1.54) is 0 Å². The molecule has 106 valence electrons. The first-order valence-corrected chi connectivity index (χ1v) is 6.80. The van der Waals surface area contributed by atoms with Crippen LogP contribution in [0.15, 0.2) is 22.8 Å². The molecule has 1 aliphatic heterocycles. The SMILES string of the molecule is CC1CCNC1C(=O)NCC(c1ccco1)N(C)C. The Labute approximate surface area is 114 Å². The summed E-state index contributed by atoms with van der Waals surface area (Å²) >= 11 is 0. The fourth-order valence-corrected chi connectivity index (χ4v) is 2.51. The van der Waals surface area contributed by atoms with E-state index in [1.54, 1.807) is 6.26 Å². The minimum absolute atomic E-state index is 0.0561. The quantitative estimate of drug-likeness (QED) is 0.834. The molecule has 19 heavy (non-hydrogen) atoms. The van der Waals surface area contributed by atoms with E-state index in [4.69, 9.17) is 4.42 Å². The van der Waals surface area contributed by atoms with Crippen molar-refractivity contribution >= 4 is 5.91 Å². The summed E-state index contributed by atoms with van der Waals surface area (Å²) in [7, 11) is 3.96. The van der Waals surface area contributed by atoms with Gasteiger partial charge in [0.2, 0.25) is 5.91 Å². The van der Waals surface area contributed by atoms with Crippen LogP contribution in [0.2, 0.25) is 0 Å². The fraction of sp³-hybridized carbons (Fsp3) is 0.643. The summed E-state index contributed by atoms with van der Waals surface area (Å²) in [5.74, 6) is 1.36. The van der Waals surface area contributed by atoms with Gasteiger partial charge < -0.3 is 15.1 Å². The largest absolute Gasteiger partial charge is 0.468 e. The number of amides is 1. The Morgan fingerprint density at radius 3 is 2.95 bits per heavy atom. The lowest BCUT2D eigenvalue weighted by Crippen LogP contribution is -2.45. The van der Waals surface area contributed by atoms with Crippen LogP contribution in [0.4, 0.5) is 0 Å². The van der Waals surface area contributed by atoms with Crippen LogP contribution in [0.1, 0.15) is 25.1 Å². The summed E-state index contributed by atoms with van der Waals surface area (Å²) in [6.07, 6.45) is 2.72. The molecule has 3 unspecified atom stereocenters. The molecule has 1 fully saturated rings. The summed E-state index contributed by atoms with van der Waals surface area (Å²) in [6, 6.07) is 3.82. The molecule has 0 saturated carbocycles. The van der Waals surface area contributed by atoms with Gasteiger partial charge in [0.05, 0.1) is 18.3 Å². The third-order valence-corrected chi connectivity index (χ3v) is 3.78. The second-order valence-corrected chi connectivity index (χ2v) is 5.44. The number of likely N-dealkylation sites (N-methyl/N-ethyl adjacent to an activating group) is 1. The van der Waals surface area contributed by atoms with Gasteiger partial charge in [0.25, 0.3) is 0 Å². The Morgan fingerprint density at radius 1 is 1.63 bits per heavy atom. The van der Waals surface area contributed by atoms with E-state index in [9.17, 15) is 4.79 Å². The highest BCUT2D eigenvalue weighted by Crippen LogP contribution is 2.18. The number of hydrogen-bond acceptors (Lipinski definition) is 4. The molecule has 0 aromatic carbocycles. The van der Waals surface area contributed by atoms with Crippen molar-refractivity contribution in [1.29, 1.82) is 0 Å². The summed E-state index contributed by atoms with van der Waals surface area (Å²) in [5, 5.41) is 6.27. The zero-order valence-corrected chi connectivity index (χ0v) is 11.8. The average Bonchev–Trinajstić information content (AvgIpc) is 3.00. The second kappa shape index (κ2) is 6.21. The molecule has 1 aromatic heterocycles. The van der Waals surface area contributed by atoms with Crippen molar-refractivity contribution in [1.82, 2.24) is 15.5 Å². The highest BCUT2D eigenvalue weighted by atomic mass is 16.3. The average molecular weight is 265 g/mol. The van der Waals surface area contributed by atoms with Crippen molar-refractivity contribution in [3.05, 3.63) is 24.2 Å². The molecule has 0 bridgehead atoms. The van der Waals surface area contributed by atoms with E-state index in [0.29, 0.717) is 12.5 Å². The number of nitrogens with one attached hydrogen (secondary N) is 2. The molecular weight excluding hydrogens is 242 g/mol. The Balaban J connectivity index is 1.90. The highest BCUT2D eigenvalue weighted by molar-refractivity contribution is 5.82. The number of carbonyl (C=O) groups excluding carboxylic acids is 1. The van der Waals surface area contributed by atoms with Crippen molar-refractivity contribution in [3.8, 4) is 0 Å². The maximum Gasteiger partial charge on any atom is 0.237 e. The second-order valence-electron chi connectivity index (χ2n) is 5.44. The summed E-state index contributed by atoms with van der Waals surface area (Å²) < 4.78 is 5.43. The molecule has 0 aliphatic carbocycles. The maximum absolute atomic E-state index is 12.1. The van der Waals surface area contributed by atoms with E-state index >= 15 is 0 Å². The van der Waals surface area contributed by atoms with Gasteiger partial charge in [-0.05, 0) is 45.1 Å². The van der Waals surface area contributed by atoms with Crippen molar-refractivity contribution in [2.24, 2.45) is 5.92 Å². The molecule has 0 spiro atoms. The lowest BCUT2D eigenvalue weighted by Gasteiger charge is -2.24. The van der Waals surface area contributed by atoms with Gasteiger partial charge >= 0.3 is 0 Å². The van der Waals surface area contributed by atoms with Crippen LogP contribution in [0, 0.1) is 5.92 Å². The first kappa shape index (κ1) is 14.1. The molecule has 2 N–H and O–H groups in total. The third-order valence-electron chi connectivity index (χ3n) is 3.78. The Kier molecular flexibility index (Phi) is 4.61. The van der Waals surface area contributed by atoms with Gasteiger partial charge in [0.1, 0.15) is 5.76 Å². The van der Waals surface area contributed by atoms with Crippen molar-refractivity contribution in [2.45, 2.75) is 25.4 Å². The lowest BCUT2D eigenvalue weighted by atomic mass is 10.0. The van der Waals surface area contributed by atoms with Gasteiger partial charge in [-0.3, -0.25) is 9.69 Å². The van der Waals surface area contributed by atoms with Crippen LogP contribution in [0.25, 0.3) is 0 Å². The fourth-order valence-electron chi connectivity index (χ4n) is 2.51. The van der Waals surface area contributed by atoms with E-state index in [2.05, 4.69) is 17.6 Å². The number of carbonyl (C=O) groups is 1. The number of rotatable bonds is 5. The third kappa shape index (κ3) is 3.36. The summed E-state index contributed by atoms with van der Waals surface area (Å²) in [6.45, 7) is 3.60. The van der Waals surface area contributed by atoms with E-state index < -0.39 is 0 Å². The molecule has 2 heterocycles. The first-order chi connectivity index (χ1) is 9.09. The Hall–Kier alpha value is -1.33. The van der Waals surface area contributed by atoms with Gasteiger partial charge in [0, 0.05) is 6.54 Å². The molecule has 1 amide bonds. The van der Waals surface area contributed by atoms with Crippen LogP contribution >= 0.6 is 0 Å². The molecule has 2 rings (SSSR count). The first-order valence-electron chi connectivity index (χ1n) is 6.80. The van der Waals surface area contributed by atoms with Crippen LogP contribution in [-0.4, -0.2) is 44.0 Å². The predicted molar refractivity (Wildman–Crippen MR) is 73.7 cm³/mol. The van der Waals surface area contributed by atoms with Gasteiger partial charge in [-0.25, -0.2) is 0 Å². The van der Waals surface area contributed by atoms with Crippen LogP contribution in [0.5, 0.6) is 0 Å². The Morgan fingerprint density at radius 2 is 2.42 bits per heavy atom. The lowest BCUT2D eigenvalue weighted by molar-refractivity contribution is -0.123. The zero-order chi connectivity index (χ0) is 13.8. The molecule has 1 aromatic rings. The minimum atomic E-state index is -0.0561. The standard InChI is InChI=1S/C14H23N3O2/c1-10-6-7-15-13(10)14(18)16-9-11(17(2)3)12-5-4-8-19-12/h4-5,8,10-11,13,15H,6-7,9H2,1-3H3,(H,16,18). The molecule has 5 nitrogen and oxygen atoms in total. The smallest absolute Gasteiger partial charge is 0.237 e. The monoisotopic (exact) mass is 265 g/mol. The van der Waals surface area contributed by atoms with Crippen LogP contribution in [-0.2, 0) is 4.79 Å².